The highest BCUT2D eigenvalue weighted by Gasteiger charge is 2.06. The van der Waals surface area contributed by atoms with E-state index in [0.29, 0.717) is 12.2 Å². The van der Waals surface area contributed by atoms with Gasteiger partial charge < -0.3 is 4.74 Å². The number of carbonyl (C=O) groups is 1. The summed E-state index contributed by atoms with van der Waals surface area (Å²) in [4.78, 5) is 15.7. The molecule has 0 saturated heterocycles. The van der Waals surface area contributed by atoms with Crippen LogP contribution < -0.4 is 10.6 Å². The molecule has 0 atom stereocenters. The molecule has 1 aromatic heterocycles. The Morgan fingerprint density at radius 2 is 2.31 bits per heavy atom. The van der Waals surface area contributed by atoms with Gasteiger partial charge in [0.05, 0.1) is 22.7 Å². The highest BCUT2D eigenvalue weighted by atomic mass is 16.5. The molecule has 0 aromatic carbocycles. The monoisotopic (exact) mass is 213 g/mol. The van der Waals surface area contributed by atoms with E-state index in [1.54, 1.807) is 13.0 Å². The van der Waals surface area contributed by atoms with Gasteiger partial charge in [0, 0.05) is 11.8 Å². The number of ether oxygens (including phenoxy) is 1. The third-order valence-corrected chi connectivity index (χ3v) is 2.18. The minimum absolute atomic E-state index is 0.356. The van der Waals surface area contributed by atoms with E-state index in [-0.39, 0.29) is 5.97 Å². The normalized spacial score (nSPS) is 12.0. The summed E-state index contributed by atoms with van der Waals surface area (Å²) in [5, 5.41) is 1.58. The molecule has 0 bridgehead atoms. The average Bonchev–Trinajstić information content (AvgIpc) is 2.28. The number of carbonyl (C=O) groups excluding carboxylic acids is 1. The Kier molecular flexibility index (Phi) is 2.74. The number of aromatic nitrogens is 1. The van der Waals surface area contributed by atoms with Crippen molar-refractivity contribution in [3.05, 3.63) is 39.7 Å². The molecule has 0 saturated carbocycles. The Morgan fingerprint density at radius 3 is 3.06 bits per heavy atom. The van der Waals surface area contributed by atoms with Crippen molar-refractivity contribution in [2.45, 2.75) is 13.8 Å². The lowest BCUT2D eigenvalue weighted by Crippen LogP contribution is -2.29. The van der Waals surface area contributed by atoms with Gasteiger partial charge in [-0.05, 0) is 26.0 Å². The van der Waals surface area contributed by atoms with Crippen molar-refractivity contribution >= 4 is 17.8 Å². The van der Waals surface area contributed by atoms with Gasteiger partial charge in [-0.25, -0.2) is 4.79 Å². The topological polar surface area (TPSA) is 39.2 Å². The van der Waals surface area contributed by atoms with Crippen LogP contribution in [0, 0.1) is 0 Å². The van der Waals surface area contributed by atoms with E-state index in [1.165, 1.54) is 6.20 Å². The van der Waals surface area contributed by atoms with E-state index in [0.717, 1.165) is 16.1 Å². The smallest absolute Gasteiger partial charge is 0.339 e. The lowest BCUT2D eigenvalue weighted by molar-refractivity contribution is 0.0525. The summed E-state index contributed by atoms with van der Waals surface area (Å²) in [5.41, 5.74) is 7.34. The van der Waals surface area contributed by atoms with Crippen molar-refractivity contribution in [1.29, 1.82) is 0 Å². The fourth-order valence-corrected chi connectivity index (χ4v) is 1.42. The number of nitrogens with zero attached hydrogens (tertiary/aromatic N) is 1. The Morgan fingerprint density at radius 1 is 1.50 bits per heavy atom. The van der Waals surface area contributed by atoms with E-state index < -0.39 is 0 Å². The van der Waals surface area contributed by atoms with Crippen molar-refractivity contribution in [3.8, 4) is 0 Å². The molecule has 0 aliphatic heterocycles. The molecule has 1 aliphatic rings. The Bertz CT molecular complexity index is 630. The molecule has 0 spiro atoms. The van der Waals surface area contributed by atoms with Crippen molar-refractivity contribution in [3.63, 3.8) is 0 Å². The van der Waals surface area contributed by atoms with Gasteiger partial charge >= 0.3 is 5.97 Å². The quantitative estimate of drug-likeness (QED) is 0.531. The molecule has 0 radical (unpaired) electrons. The van der Waals surface area contributed by atoms with Crippen LogP contribution in [0.2, 0.25) is 0 Å². The zero-order chi connectivity index (χ0) is 11.5. The van der Waals surface area contributed by atoms with Gasteiger partial charge in [0.15, 0.2) is 0 Å². The van der Waals surface area contributed by atoms with Crippen LogP contribution >= 0.6 is 0 Å². The zero-order valence-corrected chi connectivity index (χ0v) is 9.20. The van der Waals surface area contributed by atoms with Crippen molar-refractivity contribution in [1.82, 2.24) is 4.98 Å². The summed E-state index contributed by atoms with van der Waals surface area (Å²) in [5.74, 6) is -0.356. The van der Waals surface area contributed by atoms with Gasteiger partial charge in [0.1, 0.15) is 0 Å². The summed E-state index contributed by atoms with van der Waals surface area (Å²) in [6.45, 7) is 4.06. The third kappa shape index (κ3) is 1.96. The van der Waals surface area contributed by atoms with Crippen molar-refractivity contribution < 1.29 is 9.53 Å². The largest absolute Gasteiger partial charge is 0.462 e. The number of esters is 1. The lowest BCUT2D eigenvalue weighted by atomic mass is 10.2. The maximum Gasteiger partial charge on any atom is 0.339 e. The molecule has 1 aliphatic carbocycles. The van der Waals surface area contributed by atoms with Crippen LogP contribution in [0.3, 0.4) is 0 Å². The van der Waals surface area contributed by atoms with Gasteiger partial charge in [-0.1, -0.05) is 11.5 Å². The van der Waals surface area contributed by atoms with Gasteiger partial charge in [-0.15, -0.1) is 0 Å². The minimum Gasteiger partial charge on any atom is -0.462 e. The van der Waals surface area contributed by atoms with Crippen molar-refractivity contribution in [2.75, 3.05) is 6.61 Å². The number of hydrogen-bond acceptors (Lipinski definition) is 3. The van der Waals surface area contributed by atoms with Crippen LogP contribution in [0.5, 0.6) is 0 Å². The van der Waals surface area contributed by atoms with Gasteiger partial charge in [-0.3, -0.25) is 4.98 Å². The zero-order valence-electron chi connectivity index (χ0n) is 9.20. The summed E-state index contributed by atoms with van der Waals surface area (Å²) in [7, 11) is 0. The second-order valence-corrected chi connectivity index (χ2v) is 3.45. The second kappa shape index (κ2) is 4.19. The maximum atomic E-state index is 11.5. The van der Waals surface area contributed by atoms with Crippen LogP contribution in [0.15, 0.2) is 23.6 Å². The number of fused-ring (bicyclic) bond motifs is 1. The van der Waals surface area contributed by atoms with E-state index in [2.05, 4.69) is 16.4 Å². The van der Waals surface area contributed by atoms with Crippen LogP contribution in [-0.4, -0.2) is 17.6 Å². The first-order chi connectivity index (χ1) is 7.70. The highest BCUT2D eigenvalue weighted by Crippen LogP contribution is 1.96. The first-order valence-corrected chi connectivity index (χ1v) is 5.08. The molecule has 2 rings (SSSR count). The van der Waals surface area contributed by atoms with E-state index in [1.807, 2.05) is 13.0 Å². The van der Waals surface area contributed by atoms with E-state index in [9.17, 15) is 4.79 Å². The summed E-state index contributed by atoms with van der Waals surface area (Å²) in [6, 6.07) is 1.72. The number of pyridine rings is 1. The Labute approximate surface area is 93.1 Å². The predicted octanol–water partition coefficient (Wildman–Crippen LogP) is 0.533. The number of allylic oxidation sites excluding steroid dienone is 1. The number of rotatable bonds is 2. The number of hydrogen-bond donors (Lipinski definition) is 0. The average molecular weight is 213 g/mol. The SMILES string of the molecule is CCOC(=O)c1cnc2c(c1)=C=C=C(C)C=2. The Balaban J connectivity index is 2.55. The van der Waals surface area contributed by atoms with Gasteiger partial charge in [0.2, 0.25) is 0 Å². The predicted molar refractivity (Wildman–Crippen MR) is 60.0 cm³/mol. The summed E-state index contributed by atoms with van der Waals surface area (Å²) < 4.78 is 4.90. The maximum absolute atomic E-state index is 11.5. The molecule has 0 N–H and O–H groups in total. The minimum atomic E-state index is -0.356. The molecular formula is C13H11NO2. The van der Waals surface area contributed by atoms with Crippen LogP contribution in [-0.2, 0) is 4.74 Å². The first kappa shape index (κ1) is 10.4. The molecule has 1 aromatic rings. The van der Waals surface area contributed by atoms with Crippen LogP contribution in [0.1, 0.15) is 24.2 Å². The molecule has 3 heteroatoms. The lowest BCUT2D eigenvalue weighted by Gasteiger charge is -2.01. The molecule has 0 unspecified atom stereocenters. The van der Waals surface area contributed by atoms with Crippen LogP contribution in [0.25, 0.3) is 11.8 Å². The Hall–Kier alpha value is -2.08. The third-order valence-electron chi connectivity index (χ3n) is 2.18. The van der Waals surface area contributed by atoms with E-state index >= 15 is 0 Å². The summed E-state index contributed by atoms with van der Waals surface area (Å²) in [6.07, 6.45) is 3.42. The molecule has 16 heavy (non-hydrogen) atoms. The van der Waals surface area contributed by atoms with Gasteiger partial charge in [0.25, 0.3) is 0 Å². The van der Waals surface area contributed by atoms with Gasteiger partial charge in [-0.2, -0.15) is 0 Å². The highest BCUT2D eigenvalue weighted by molar-refractivity contribution is 5.89. The summed E-state index contributed by atoms with van der Waals surface area (Å²) >= 11 is 0. The van der Waals surface area contributed by atoms with Crippen LogP contribution in [0.4, 0.5) is 0 Å². The first-order valence-electron chi connectivity index (χ1n) is 5.08. The molecule has 80 valence electrons. The molecule has 3 nitrogen and oxygen atoms in total. The van der Waals surface area contributed by atoms with E-state index in [4.69, 9.17) is 4.74 Å². The van der Waals surface area contributed by atoms with Crippen molar-refractivity contribution in [2.24, 2.45) is 0 Å². The molecule has 0 amide bonds. The fourth-order valence-electron chi connectivity index (χ4n) is 1.42. The molecule has 1 heterocycles. The second-order valence-electron chi connectivity index (χ2n) is 3.45. The molecular weight excluding hydrogens is 202 g/mol. The fraction of sp³-hybridized carbons (Fsp3) is 0.231. The molecule has 0 fully saturated rings. The standard InChI is InChI=1S/C13H11NO2/c1-3-16-13(15)11-7-10-5-4-9(2)6-12(10)14-8-11/h6-8H,3H2,1-2H3.